The molecule has 0 N–H and O–H groups in total. The summed E-state index contributed by atoms with van der Waals surface area (Å²) in [5.41, 5.74) is 0. The van der Waals surface area contributed by atoms with Crippen LogP contribution in [0.1, 0.15) is 20.8 Å². The maximum Gasteiger partial charge on any atom is 0.0470 e. The van der Waals surface area contributed by atoms with Crippen molar-refractivity contribution in [1.82, 2.24) is 0 Å². The van der Waals surface area contributed by atoms with Gasteiger partial charge in [0.05, 0.1) is 0 Å². The summed E-state index contributed by atoms with van der Waals surface area (Å²) in [6, 6.07) is 4.37. The molecule has 0 aromatic rings. The Morgan fingerprint density at radius 1 is 0.875 bits per heavy atom. The van der Waals surface area contributed by atoms with E-state index in [2.05, 4.69) is 20.8 Å². The van der Waals surface area contributed by atoms with Crippen molar-refractivity contribution in [3.8, 4) is 0 Å². The monoisotopic (exact) mass is 189 g/mol. The molecule has 0 aliphatic carbocycles. The van der Waals surface area contributed by atoms with Gasteiger partial charge in [-0.2, -0.15) is 0 Å². The molecule has 0 aliphatic rings. The number of hydrogen-bond acceptors (Lipinski definition) is 0. The van der Waals surface area contributed by atoms with Gasteiger partial charge in [-0.05, 0) is 0 Å². The van der Waals surface area contributed by atoms with Crippen molar-refractivity contribution >= 4 is 26.4 Å². The van der Waals surface area contributed by atoms with Gasteiger partial charge in [0.15, 0.2) is 0 Å². The van der Waals surface area contributed by atoms with Crippen LogP contribution in [0.2, 0.25) is 18.1 Å². The average Bonchev–Trinajstić information content (AvgIpc) is 1.72. The fraction of sp³-hybridized carbons (Fsp3) is 1.00. The molecular weight excluding hydrogens is 173 g/mol. The van der Waals surface area contributed by atoms with E-state index in [0.29, 0.717) is 0 Å². The van der Waals surface area contributed by atoms with E-state index in [1.807, 2.05) is 0 Å². The summed E-state index contributed by atoms with van der Waals surface area (Å²) >= 11 is 0. The maximum absolute atomic E-state index is 2.31. The second-order valence-corrected chi connectivity index (χ2v) is 5.43. The normalized spacial score (nSPS) is 9.00. The molecule has 5 radical (unpaired) electrons. The summed E-state index contributed by atoms with van der Waals surface area (Å²) in [4.78, 5) is 0. The van der Waals surface area contributed by atoms with Gasteiger partial charge in [-0.15, -0.1) is 0 Å². The van der Waals surface area contributed by atoms with Gasteiger partial charge in [0.2, 0.25) is 0 Å². The molecule has 47 valence electrons. The first-order valence-corrected chi connectivity index (χ1v) is 5.30. The van der Waals surface area contributed by atoms with Crippen LogP contribution in [0.15, 0.2) is 0 Å². The molecule has 0 atom stereocenters. The molecule has 0 aromatic heterocycles. The average molecular weight is 188 g/mol. The van der Waals surface area contributed by atoms with Gasteiger partial charge in [-0.1, -0.05) is 38.9 Å². The molecule has 0 heterocycles. The zero-order chi connectivity index (χ0) is 5.70. The second-order valence-electron chi connectivity index (χ2n) is 1.81. The van der Waals surface area contributed by atoms with E-state index < -0.39 is 0 Å². The minimum Gasteiger partial charge on any atom is -0.0680 e. The van der Waals surface area contributed by atoms with E-state index in [1.165, 1.54) is 18.1 Å². The second kappa shape index (κ2) is 7.76. The molecule has 0 fully saturated rings. The van der Waals surface area contributed by atoms with E-state index >= 15 is 0 Å². The third-order valence-corrected chi connectivity index (χ3v) is 4.50. The minimum atomic E-state index is 0. The van der Waals surface area contributed by atoms with Gasteiger partial charge in [0.1, 0.15) is 0 Å². The van der Waals surface area contributed by atoms with Crippen molar-refractivity contribution in [1.29, 1.82) is 0 Å². The summed E-state index contributed by atoms with van der Waals surface area (Å²) in [6.45, 7) is 6.92. The van der Waals surface area contributed by atoms with Crippen LogP contribution in [0.3, 0.4) is 0 Å². The Morgan fingerprint density at radius 3 is 1.12 bits per heavy atom. The van der Waals surface area contributed by atoms with Gasteiger partial charge in [-0.25, -0.2) is 0 Å². The van der Waals surface area contributed by atoms with E-state index in [9.17, 15) is 0 Å². The van der Waals surface area contributed by atoms with Crippen LogP contribution in [0.4, 0.5) is 0 Å². The number of rotatable bonds is 3. The van der Waals surface area contributed by atoms with Gasteiger partial charge in [-0.3, -0.25) is 0 Å². The summed E-state index contributed by atoms with van der Waals surface area (Å²) in [7, 11) is 0.137. The Kier molecular flexibility index (Phi) is 11.2. The smallest absolute Gasteiger partial charge is 0.0470 e. The molecule has 0 nitrogen and oxygen atoms in total. The summed E-state index contributed by atoms with van der Waals surface area (Å²) in [5.74, 6) is 0. The first-order valence-electron chi connectivity index (χ1n) is 3.18. The van der Waals surface area contributed by atoms with Crippen LogP contribution in [0, 0.1) is 0 Å². The van der Waals surface area contributed by atoms with Crippen LogP contribution in [-0.4, -0.2) is 26.4 Å². The molecule has 0 spiro atoms. The molecule has 0 saturated carbocycles. The van der Waals surface area contributed by atoms with Crippen LogP contribution < -0.4 is 0 Å². The van der Waals surface area contributed by atoms with Crippen LogP contribution in [0.5, 0.6) is 0 Å². The molecule has 0 bridgehead atoms. The summed E-state index contributed by atoms with van der Waals surface area (Å²) < 4.78 is 0. The van der Waals surface area contributed by atoms with Gasteiger partial charge in [0.25, 0.3) is 0 Å². The predicted molar refractivity (Wildman–Crippen MR) is 43.0 cm³/mol. The Morgan fingerprint density at radius 2 is 1.12 bits per heavy atom. The molecule has 0 amide bonds. The van der Waals surface area contributed by atoms with Crippen LogP contribution in [0.25, 0.3) is 0 Å². The fourth-order valence-electron chi connectivity index (χ4n) is 0.750. The molecule has 2 heteroatoms. The molecular formula is C6H15GeSi. The quantitative estimate of drug-likeness (QED) is 0.595. The molecule has 0 aliphatic heterocycles. The third-order valence-electron chi connectivity index (χ3n) is 1.50. The van der Waals surface area contributed by atoms with Crippen molar-refractivity contribution in [2.24, 2.45) is 0 Å². The van der Waals surface area contributed by atoms with E-state index in [0.717, 1.165) is 0 Å². The zero-order valence-electron chi connectivity index (χ0n) is 6.12. The van der Waals surface area contributed by atoms with Crippen LogP contribution >= 0.6 is 0 Å². The van der Waals surface area contributed by atoms with E-state index in [1.54, 1.807) is 0 Å². The Hall–Kier alpha value is 0.760. The molecule has 0 unspecified atom stereocenters. The Bertz CT molecular complexity index is 30.0. The first kappa shape index (κ1) is 11.5. The Labute approximate surface area is 65.6 Å². The number of hydrogen-bond donors (Lipinski definition) is 0. The van der Waals surface area contributed by atoms with E-state index in [4.69, 9.17) is 0 Å². The molecule has 0 saturated heterocycles. The maximum atomic E-state index is 2.31. The van der Waals surface area contributed by atoms with Gasteiger partial charge >= 0.3 is 0 Å². The standard InChI is InChI=1S/C6H15Si.Ge/c1-4-7(5-2)6-3;/h4-6H2,1-3H3;. The molecule has 0 aromatic carbocycles. The molecule has 8 heavy (non-hydrogen) atoms. The van der Waals surface area contributed by atoms with Gasteiger partial charge in [0, 0.05) is 26.4 Å². The van der Waals surface area contributed by atoms with Crippen LogP contribution in [-0.2, 0) is 0 Å². The summed E-state index contributed by atoms with van der Waals surface area (Å²) in [6.07, 6.45) is 0. The third kappa shape index (κ3) is 4.91. The topological polar surface area (TPSA) is 0 Å². The first-order chi connectivity index (χ1) is 3.35. The SMILES string of the molecule is CC[Si](CC)CC.[Ge]. The zero-order valence-corrected chi connectivity index (χ0v) is 9.22. The van der Waals surface area contributed by atoms with Crippen molar-refractivity contribution in [2.45, 2.75) is 38.9 Å². The molecule has 0 rings (SSSR count). The largest absolute Gasteiger partial charge is 0.0680 e. The summed E-state index contributed by atoms with van der Waals surface area (Å²) in [5, 5.41) is 0. The van der Waals surface area contributed by atoms with E-state index in [-0.39, 0.29) is 26.4 Å². The van der Waals surface area contributed by atoms with Crippen molar-refractivity contribution in [3.05, 3.63) is 0 Å². The van der Waals surface area contributed by atoms with Crippen molar-refractivity contribution in [2.75, 3.05) is 0 Å². The fourth-order valence-corrected chi connectivity index (χ4v) is 2.25. The minimum absolute atomic E-state index is 0. The predicted octanol–water partition coefficient (Wildman–Crippen LogP) is 2.16. The van der Waals surface area contributed by atoms with Gasteiger partial charge < -0.3 is 0 Å². The Balaban J connectivity index is 0. The van der Waals surface area contributed by atoms with Crippen molar-refractivity contribution in [3.63, 3.8) is 0 Å². The van der Waals surface area contributed by atoms with Crippen molar-refractivity contribution < 1.29 is 0 Å².